The highest BCUT2D eigenvalue weighted by atomic mass is 32.2. The molecule has 3 heterocycles. The van der Waals surface area contributed by atoms with E-state index in [4.69, 9.17) is 20.2 Å². The zero-order chi connectivity index (χ0) is 22.2. The van der Waals surface area contributed by atoms with Crippen molar-refractivity contribution >= 4 is 28.6 Å². The molecule has 1 atom stereocenters. The van der Waals surface area contributed by atoms with Crippen LogP contribution in [-0.2, 0) is 6.54 Å². The van der Waals surface area contributed by atoms with Gasteiger partial charge in [-0.15, -0.1) is 0 Å². The molecule has 9 heteroatoms. The number of benzene rings is 1. The molecule has 4 N–H and O–H groups in total. The van der Waals surface area contributed by atoms with Crippen LogP contribution >= 0.6 is 11.8 Å². The van der Waals surface area contributed by atoms with Crippen molar-refractivity contribution in [2.45, 2.75) is 50.4 Å². The van der Waals surface area contributed by atoms with Crippen molar-refractivity contribution in [1.82, 2.24) is 19.9 Å². The highest BCUT2D eigenvalue weighted by Crippen LogP contribution is 2.43. The highest BCUT2D eigenvalue weighted by molar-refractivity contribution is 7.99. The van der Waals surface area contributed by atoms with Gasteiger partial charge in [-0.3, -0.25) is 0 Å². The normalized spacial score (nSPS) is 14.4. The van der Waals surface area contributed by atoms with Crippen LogP contribution in [0, 0.1) is 5.41 Å². The summed E-state index contributed by atoms with van der Waals surface area (Å²) in [6.07, 6.45) is 1.05. The van der Waals surface area contributed by atoms with Crippen LogP contribution < -0.4 is 20.5 Å². The van der Waals surface area contributed by atoms with Gasteiger partial charge < -0.3 is 30.2 Å². The van der Waals surface area contributed by atoms with Crippen molar-refractivity contribution in [3.8, 4) is 11.5 Å². The maximum absolute atomic E-state index is 10.3. The van der Waals surface area contributed by atoms with Crippen molar-refractivity contribution in [3.05, 3.63) is 30.0 Å². The lowest BCUT2D eigenvalue weighted by atomic mass is 9.97. The number of aliphatic hydroxyl groups excluding tert-OH is 1. The first kappa shape index (κ1) is 21.7. The van der Waals surface area contributed by atoms with Crippen LogP contribution in [-0.4, -0.2) is 39.5 Å². The molecule has 8 nitrogen and oxygen atoms in total. The fraction of sp³-hybridized carbons (Fsp3) is 0.455. The lowest BCUT2D eigenvalue weighted by molar-refractivity contribution is 0.173. The maximum atomic E-state index is 10.3. The molecule has 166 valence electrons. The van der Waals surface area contributed by atoms with E-state index in [1.807, 2.05) is 18.2 Å². The Balaban J connectivity index is 1.68. The summed E-state index contributed by atoms with van der Waals surface area (Å²) in [5.74, 6) is 1.72. The van der Waals surface area contributed by atoms with E-state index in [0.29, 0.717) is 22.8 Å². The minimum Gasteiger partial charge on any atom is -0.454 e. The molecular formula is C22H29N5O3S. The summed E-state index contributed by atoms with van der Waals surface area (Å²) < 4.78 is 13.2. The van der Waals surface area contributed by atoms with Gasteiger partial charge in [-0.25, -0.2) is 9.97 Å². The number of nitrogens with one attached hydrogen (secondary N) is 1. The number of ether oxygens (including phenoxy) is 2. The number of aliphatic hydroxyl groups is 1. The van der Waals surface area contributed by atoms with E-state index in [-0.39, 0.29) is 12.2 Å². The van der Waals surface area contributed by atoms with Gasteiger partial charge in [0.25, 0.3) is 0 Å². The summed E-state index contributed by atoms with van der Waals surface area (Å²) in [6.45, 7) is 11.0. The number of nitrogens with two attached hydrogens (primary N) is 1. The zero-order valence-electron chi connectivity index (χ0n) is 18.3. The molecule has 0 radical (unpaired) electrons. The Morgan fingerprint density at radius 2 is 2.03 bits per heavy atom. The first-order chi connectivity index (χ1) is 14.7. The fourth-order valence-electron chi connectivity index (χ4n) is 3.45. The number of pyridine rings is 1. The molecule has 0 saturated heterocycles. The van der Waals surface area contributed by atoms with Crippen molar-refractivity contribution in [2.24, 2.45) is 5.41 Å². The average Bonchev–Trinajstić information content (AvgIpc) is 3.29. The molecule has 4 rings (SSSR count). The quantitative estimate of drug-likeness (QED) is 0.476. The number of imidazole rings is 1. The number of nitrogens with zero attached hydrogens (tertiary/aromatic N) is 3. The van der Waals surface area contributed by atoms with Crippen LogP contribution in [0.5, 0.6) is 11.5 Å². The Hall–Kier alpha value is -2.49. The monoisotopic (exact) mass is 443 g/mol. The molecule has 0 fully saturated rings. The van der Waals surface area contributed by atoms with Gasteiger partial charge in [0.1, 0.15) is 5.52 Å². The lowest BCUT2D eigenvalue weighted by Gasteiger charge is -2.19. The number of anilines is 1. The number of fused-ring (bicyclic) bond motifs is 2. The Kier molecular flexibility index (Phi) is 6.00. The van der Waals surface area contributed by atoms with Crippen LogP contribution in [0.15, 0.2) is 34.4 Å². The van der Waals surface area contributed by atoms with Gasteiger partial charge in [0.05, 0.1) is 11.6 Å². The summed E-state index contributed by atoms with van der Waals surface area (Å²) >= 11 is 1.48. The molecule has 0 amide bonds. The third kappa shape index (κ3) is 4.73. The van der Waals surface area contributed by atoms with Gasteiger partial charge in [0, 0.05) is 30.7 Å². The minimum absolute atomic E-state index is 0.183. The largest absolute Gasteiger partial charge is 0.454 e. The molecule has 31 heavy (non-hydrogen) atoms. The second kappa shape index (κ2) is 8.57. The van der Waals surface area contributed by atoms with Gasteiger partial charge in [0.2, 0.25) is 6.79 Å². The number of nitrogen functional groups attached to an aromatic ring is 1. The summed E-state index contributed by atoms with van der Waals surface area (Å²) in [5.41, 5.74) is 8.70. The smallest absolute Gasteiger partial charge is 0.231 e. The van der Waals surface area contributed by atoms with E-state index in [1.54, 1.807) is 13.1 Å². The molecule has 0 spiro atoms. The van der Waals surface area contributed by atoms with Crippen molar-refractivity contribution in [1.29, 1.82) is 0 Å². The Labute approximate surface area is 186 Å². The van der Waals surface area contributed by atoms with Crippen molar-refractivity contribution in [2.75, 3.05) is 25.6 Å². The molecule has 0 aliphatic carbocycles. The summed E-state index contributed by atoms with van der Waals surface area (Å²) in [7, 11) is 0. The average molecular weight is 444 g/mol. The summed E-state index contributed by atoms with van der Waals surface area (Å²) in [4.78, 5) is 9.84. The predicted octanol–water partition coefficient (Wildman–Crippen LogP) is 3.58. The number of hydrogen-bond donors (Lipinski definition) is 3. The molecule has 1 unspecified atom stereocenters. The van der Waals surface area contributed by atoms with Gasteiger partial charge in [0.15, 0.2) is 22.5 Å². The van der Waals surface area contributed by atoms with E-state index in [2.05, 4.69) is 35.6 Å². The van der Waals surface area contributed by atoms with Crippen LogP contribution in [0.2, 0.25) is 0 Å². The third-order valence-corrected chi connectivity index (χ3v) is 6.05. The van der Waals surface area contributed by atoms with Crippen LogP contribution in [0.3, 0.4) is 0 Å². The Morgan fingerprint density at radius 3 is 2.74 bits per heavy atom. The number of aromatic nitrogens is 3. The fourth-order valence-corrected chi connectivity index (χ4v) is 4.60. The van der Waals surface area contributed by atoms with E-state index >= 15 is 0 Å². The van der Waals surface area contributed by atoms with Gasteiger partial charge in [-0.1, -0.05) is 32.5 Å². The molecule has 1 aliphatic heterocycles. The third-order valence-electron chi connectivity index (χ3n) is 4.98. The van der Waals surface area contributed by atoms with E-state index in [0.717, 1.165) is 40.8 Å². The Morgan fingerprint density at radius 1 is 1.29 bits per heavy atom. The van der Waals surface area contributed by atoms with E-state index in [9.17, 15) is 5.11 Å². The van der Waals surface area contributed by atoms with Crippen molar-refractivity contribution in [3.63, 3.8) is 0 Å². The summed E-state index contributed by atoms with van der Waals surface area (Å²) in [5, 5.41) is 14.6. The second-order valence-electron chi connectivity index (χ2n) is 8.87. The highest BCUT2D eigenvalue weighted by Gasteiger charge is 2.22. The second-order valence-corrected chi connectivity index (χ2v) is 9.88. The maximum Gasteiger partial charge on any atom is 0.231 e. The number of hydrogen-bond acceptors (Lipinski definition) is 8. The zero-order valence-corrected chi connectivity index (χ0v) is 19.1. The van der Waals surface area contributed by atoms with Crippen LogP contribution in [0.1, 0.15) is 39.4 Å². The molecule has 0 bridgehead atoms. The number of rotatable bonds is 7. The van der Waals surface area contributed by atoms with Gasteiger partial charge in [-0.2, -0.15) is 0 Å². The van der Waals surface area contributed by atoms with Crippen molar-refractivity contribution < 1.29 is 14.6 Å². The standard InChI is InChI=1S/C22H29N5O3S/c1-13(28)14-9-16-17(30-12-29-16)10-18(14)31-21-26-19-15(5-6-25-20(19)23)27(21)8-7-24-11-22(2,3)4/h5-6,9-10,13,24,28H,7-8,11-12H2,1-4H3,(H2,23,25). The Bertz CT molecular complexity index is 1090. The minimum atomic E-state index is -0.657. The topological polar surface area (TPSA) is 107 Å². The summed E-state index contributed by atoms with van der Waals surface area (Å²) in [6, 6.07) is 5.67. The molecule has 1 aliphatic rings. The van der Waals surface area contributed by atoms with E-state index in [1.165, 1.54) is 11.8 Å². The first-order valence-electron chi connectivity index (χ1n) is 10.3. The van der Waals surface area contributed by atoms with Gasteiger partial charge >= 0.3 is 0 Å². The first-order valence-corrected chi connectivity index (χ1v) is 11.2. The molecule has 2 aromatic heterocycles. The van der Waals surface area contributed by atoms with Crippen LogP contribution in [0.4, 0.5) is 5.82 Å². The predicted molar refractivity (Wildman–Crippen MR) is 122 cm³/mol. The molecule has 3 aromatic rings. The molecule has 0 saturated carbocycles. The van der Waals surface area contributed by atoms with E-state index < -0.39 is 6.10 Å². The van der Waals surface area contributed by atoms with Crippen LogP contribution in [0.25, 0.3) is 11.0 Å². The molecular weight excluding hydrogens is 414 g/mol. The lowest BCUT2D eigenvalue weighted by Crippen LogP contribution is -2.29. The molecule has 1 aromatic carbocycles. The SMILES string of the molecule is CC(O)c1cc2c(cc1Sc1nc3c(N)nccc3n1CCNCC(C)(C)C)OCO2. The van der Waals surface area contributed by atoms with Gasteiger partial charge in [-0.05, 0) is 36.1 Å².